The molecule has 1 aromatic heterocycles. The smallest absolute Gasteiger partial charge is 0.317 e. The van der Waals surface area contributed by atoms with Crippen molar-refractivity contribution in [3.63, 3.8) is 0 Å². The van der Waals surface area contributed by atoms with Crippen LogP contribution in [0.15, 0.2) is 11.4 Å². The van der Waals surface area contributed by atoms with Crippen LogP contribution in [0.4, 0.5) is 0 Å². The molecule has 0 amide bonds. The van der Waals surface area contributed by atoms with Gasteiger partial charge in [0.05, 0.1) is 6.54 Å². The maximum Gasteiger partial charge on any atom is 0.317 e. The Hall–Kier alpha value is -0.870. The van der Waals surface area contributed by atoms with Crippen LogP contribution in [0, 0.1) is 6.92 Å². The first kappa shape index (κ1) is 12.6. The quantitative estimate of drug-likeness (QED) is 0.877. The van der Waals surface area contributed by atoms with Crippen molar-refractivity contribution in [3.8, 4) is 0 Å². The highest BCUT2D eigenvalue weighted by Gasteiger charge is 2.24. The first-order valence-electron chi connectivity index (χ1n) is 6.15. The van der Waals surface area contributed by atoms with Gasteiger partial charge in [-0.2, -0.15) is 0 Å². The van der Waals surface area contributed by atoms with Gasteiger partial charge in [0, 0.05) is 17.5 Å². The zero-order valence-corrected chi connectivity index (χ0v) is 11.0. The topological polar surface area (TPSA) is 40.5 Å². The molecular weight excluding hydrogens is 234 g/mol. The molecule has 1 N–H and O–H groups in total. The summed E-state index contributed by atoms with van der Waals surface area (Å²) in [7, 11) is 0. The molecule has 1 fully saturated rings. The van der Waals surface area contributed by atoms with E-state index in [4.69, 9.17) is 5.11 Å². The molecule has 2 rings (SSSR count). The summed E-state index contributed by atoms with van der Waals surface area (Å²) in [6.07, 6.45) is 4.78. The second-order valence-corrected chi connectivity index (χ2v) is 5.76. The normalized spacial score (nSPS) is 16.8. The number of hydrogen-bond donors (Lipinski definition) is 1. The van der Waals surface area contributed by atoms with Crippen LogP contribution in [0.2, 0.25) is 0 Å². The highest BCUT2D eigenvalue weighted by Crippen LogP contribution is 2.26. The van der Waals surface area contributed by atoms with Crippen molar-refractivity contribution in [2.24, 2.45) is 0 Å². The van der Waals surface area contributed by atoms with Crippen molar-refractivity contribution < 1.29 is 9.90 Å². The summed E-state index contributed by atoms with van der Waals surface area (Å²) in [6.45, 7) is 3.06. The van der Waals surface area contributed by atoms with Crippen molar-refractivity contribution in [2.45, 2.75) is 45.2 Å². The van der Waals surface area contributed by atoms with Crippen molar-refractivity contribution in [1.29, 1.82) is 0 Å². The molecule has 94 valence electrons. The number of nitrogens with zero attached hydrogens (tertiary/aromatic N) is 1. The van der Waals surface area contributed by atoms with Gasteiger partial charge in [-0.25, -0.2) is 0 Å². The van der Waals surface area contributed by atoms with E-state index >= 15 is 0 Å². The van der Waals surface area contributed by atoms with Crippen molar-refractivity contribution >= 4 is 17.3 Å². The number of aryl methyl sites for hydroxylation is 1. The summed E-state index contributed by atoms with van der Waals surface area (Å²) in [6, 6.07) is 2.57. The van der Waals surface area contributed by atoms with E-state index in [1.165, 1.54) is 23.3 Å². The summed E-state index contributed by atoms with van der Waals surface area (Å²) in [5.41, 5.74) is 1.28. The Kier molecular flexibility index (Phi) is 4.18. The highest BCUT2D eigenvalue weighted by atomic mass is 32.1. The van der Waals surface area contributed by atoms with Crippen LogP contribution in [0.25, 0.3) is 0 Å². The van der Waals surface area contributed by atoms with E-state index in [0.717, 1.165) is 19.4 Å². The summed E-state index contributed by atoms with van der Waals surface area (Å²) in [4.78, 5) is 14.4. The standard InChI is InChI=1S/C13H19NO2S/c1-10-6-7-17-12(10)8-14(9-13(15)16)11-4-2-3-5-11/h6-7,11H,2-5,8-9H2,1H3,(H,15,16). The Morgan fingerprint density at radius 1 is 1.53 bits per heavy atom. The van der Waals surface area contributed by atoms with Crippen LogP contribution in [-0.4, -0.2) is 28.6 Å². The lowest BCUT2D eigenvalue weighted by Crippen LogP contribution is -2.36. The molecule has 0 aromatic carbocycles. The maximum absolute atomic E-state index is 10.9. The molecule has 1 heterocycles. The molecule has 0 aliphatic heterocycles. The van der Waals surface area contributed by atoms with Crippen molar-refractivity contribution in [2.75, 3.05) is 6.54 Å². The fraction of sp³-hybridized carbons (Fsp3) is 0.615. The van der Waals surface area contributed by atoms with E-state index in [2.05, 4.69) is 23.3 Å². The molecule has 0 radical (unpaired) electrons. The van der Waals surface area contributed by atoms with E-state index in [-0.39, 0.29) is 6.54 Å². The monoisotopic (exact) mass is 253 g/mol. The molecule has 0 atom stereocenters. The van der Waals surface area contributed by atoms with E-state index in [0.29, 0.717) is 6.04 Å². The SMILES string of the molecule is Cc1ccsc1CN(CC(=O)O)C1CCCC1. The zero-order valence-electron chi connectivity index (χ0n) is 10.2. The number of hydrogen-bond acceptors (Lipinski definition) is 3. The van der Waals surface area contributed by atoms with Gasteiger partial charge in [-0.05, 0) is 36.8 Å². The third-order valence-electron chi connectivity index (χ3n) is 3.49. The lowest BCUT2D eigenvalue weighted by atomic mass is 10.2. The van der Waals surface area contributed by atoms with Gasteiger partial charge in [0.25, 0.3) is 0 Å². The van der Waals surface area contributed by atoms with Crippen LogP contribution in [0.5, 0.6) is 0 Å². The van der Waals surface area contributed by atoms with Gasteiger partial charge in [0.15, 0.2) is 0 Å². The molecule has 1 saturated carbocycles. The molecule has 1 aliphatic carbocycles. The van der Waals surface area contributed by atoms with E-state index in [1.54, 1.807) is 11.3 Å². The molecular formula is C13H19NO2S. The Morgan fingerprint density at radius 3 is 2.76 bits per heavy atom. The summed E-state index contributed by atoms with van der Waals surface area (Å²) < 4.78 is 0. The van der Waals surface area contributed by atoms with E-state index in [9.17, 15) is 4.79 Å². The van der Waals surface area contributed by atoms with Gasteiger partial charge in [-0.15, -0.1) is 11.3 Å². The Bertz CT molecular complexity index is 383. The number of rotatable bonds is 5. The largest absolute Gasteiger partial charge is 0.480 e. The Balaban J connectivity index is 2.04. The van der Waals surface area contributed by atoms with Crippen LogP contribution < -0.4 is 0 Å². The first-order valence-corrected chi connectivity index (χ1v) is 7.03. The number of thiophene rings is 1. The van der Waals surface area contributed by atoms with Gasteiger partial charge in [-0.3, -0.25) is 9.69 Å². The minimum Gasteiger partial charge on any atom is -0.480 e. The van der Waals surface area contributed by atoms with Crippen molar-refractivity contribution in [3.05, 3.63) is 21.9 Å². The molecule has 0 saturated heterocycles. The van der Waals surface area contributed by atoms with E-state index in [1.807, 2.05) is 0 Å². The summed E-state index contributed by atoms with van der Waals surface area (Å²) in [5, 5.41) is 11.1. The average molecular weight is 253 g/mol. The fourth-order valence-electron chi connectivity index (χ4n) is 2.51. The van der Waals surface area contributed by atoms with Crippen LogP contribution in [-0.2, 0) is 11.3 Å². The molecule has 0 bridgehead atoms. The van der Waals surface area contributed by atoms with Crippen LogP contribution in [0.3, 0.4) is 0 Å². The van der Waals surface area contributed by atoms with Crippen molar-refractivity contribution in [1.82, 2.24) is 4.90 Å². The van der Waals surface area contributed by atoms with E-state index < -0.39 is 5.97 Å². The number of carboxylic acids is 1. The summed E-state index contributed by atoms with van der Waals surface area (Å²) in [5.74, 6) is -0.717. The first-order chi connectivity index (χ1) is 8.16. The number of carbonyl (C=O) groups is 1. The zero-order chi connectivity index (χ0) is 12.3. The lowest BCUT2D eigenvalue weighted by Gasteiger charge is -2.26. The van der Waals surface area contributed by atoms with Gasteiger partial charge in [0.1, 0.15) is 0 Å². The molecule has 17 heavy (non-hydrogen) atoms. The molecule has 0 spiro atoms. The lowest BCUT2D eigenvalue weighted by molar-refractivity contribution is -0.139. The summed E-state index contributed by atoms with van der Waals surface area (Å²) >= 11 is 1.73. The number of aliphatic carboxylic acids is 1. The third-order valence-corrected chi connectivity index (χ3v) is 4.50. The molecule has 1 aliphatic rings. The van der Waals surface area contributed by atoms with Gasteiger partial charge >= 0.3 is 5.97 Å². The predicted octanol–water partition coefficient (Wildman–Crippen LogP) is 2.89. The maximum atomic E-state index is 10.9. The average Bonchev–Trinajstić information content (AvgIpc) is 2.89. The molecule has 4 heteroatoms. The number of carboxylic acid groups (broad SMARTS) is 1. The molecule has 1 aromatic rings. The minimum atomic E-state index is -0.717. The molecule has 0 unspecified atom stereocenters. The Morgan fingerprint density at radius 2 is 2.24 bits per heavy atom. The fourth-order valence-corrected chi connectivity index (χ4v) is 3.44. The van der Waals surface area contributed by atoms with Crippen LogP contribution >= 0.6 is 11.3 Å². The van der Waals surface area contributed by atoms with Gasteiger partial charge in [0.2, 0.25) is 0 Å². The Labute approximate surface area is 106 Å². The highest BCUT2D eigenvalue weighted by molar-refractivity contribution is 7.10. The third kappa shape index (κ3) is 3.30. The van der Waals surface area contributed by atoms with Crippen LogP contribution in [0.1, 0.15) is 36.1 Å². The second-order valence-electron chi connectivity index (χ2n) is 4.76. The predicted molar refractivity (Wildman–Crippen MR) is 69.4 cm³/mol. The second kappa shape index (κ2) is 5.65. The minimum absolute atomic E-state index is 0.169. The van der Waals surface area contributed by atoms with Gasteiger partial charge < -0.3 is 5.11 Å². The molecule has 3 nitrogen and oxygen atoms in total. The van der Waals surface area contributed by atoms with Gasteiger partial charge in [-0.1, -0.05) is 12.8 Å².